The number of nitrogens with one attached hydrogen (secondary N) is 2. The minimum absolute atomic E-state index is 0.0826. The number of pyridine rings is 1. The van der Waals surface area contributed by atoms with E-state index in [4.69, 9.17) is 5.84 Å². The molecule has 0 bridgehead atoms. The minimum atomic E-state index is -0.0826. The zero-order chi connectivity index (χ0) is 13.5. The van der Waals surface area contributed by atoms with E-state index in [9.17, 15) is 4.79 Å². The van der Waals surface area contributed by atoms with Crippen LogP contribution in [0.1, 0.15) is 42.7 Å². The monoisotopic (exact) mass is 250 g/mol. The first kappa shape index (κ1) is 14.4. The van der Waals surface area contributed by atoms with E-state index < -0.39 is 0 Å². The van der Waals surface area contributed by atoms with Crippen molar-refractivity contribution in [3.05, 3.63) is 23.4 Å². The first-order valence-corrected chi connectivity index (χ1v) is 6.26. The summed E-state index contributed by atoms with van der Waals surface area (Å²) in [5, 5.41) is 2.90. The molecule has 0 fully saturated rings. The van der Waals surface area contributed by atoms with Gasteiger partial charge in [-0.1, -0.05) is 13.8 Å². The van der Waals surface area contributed by atoms with Gasteiger partial charge in [-0.15, -0.1) is 0 Å². The molecule has 0 atom stereocenters. The van der Waals surface area contributed by atoms with Crippen LogP contribution in [0.3, 0.4) is 0 Å². The molecule has 0 aliphatic carbocycles. The molecule has 0 aromatic carbocycles. The number of anilines is 1. The van der Waals surface area contributed by atoms with Crippen LogP contribution in [-0.4, -0.2) is 17.4 Å². The number of aryl methyl sites for hydroxylation is 1. The summed E-state index contributed by atoms with van der Waals surface area (Å²) in [6.45, 7) is 6.88. The van der Waals surface area contributed by atoms with Gasteiger partial charge in [0, 0.05) is 17.8 Å². The van der Waals surface area contributed by atoms with Gasteiger partial charge in [-0.25, -0.2) is 10.8 Å². The van der Waals surface area contributed by atoms with Gasteiger partial charge in [0.25, 0.3) is 5.91 Å². The predicted octanol–water partition coefficient (Wildman–Crippen LogP) is 1.84. The fourth-order valence-electron chi connectivity index (χ4n) is 1.69. The molecule has 1 rings (SSSR count). The van der Waals surface area contributed by atoms with Crippen molar-refractivity contribution in [2.75, 3.05) is 12.0 Å². The van der Waals surface area contributed by atoms with E-state index in [0.717, 1.165) is 18.5 Å². The Labute approximate surface area is 108 Å². The highest BCUT2D eigenvalue weighted by Gasteiger charge is 2.07. The Hall–Kier alpha value is -1.62. The molecule has 5 heteroatoms. The molecule has 1 amide bonds. The Morgan fingerprint density at radius 2 is 2.17 bits per heavy atom. The number of carbonyl (C=O) groups excluding carboxylic acids is 1. The lowest BCUT2D eigenvalue weighted by Crippen LogP contribution is -2.25. The summed E-state index contributed by atoms with van der Waals surface area (Å²) in [6.07, 6.45) is 2.11. The zero-order valence-corrected chi connectivity index (χ0v) is 11.3. The minimum Gasteiger partial charge on any atom is -0.352 e. The number of nitrogens with zero attached hydrogens (tertiary/aromatic N) is 1. The van der Waals surface area contributed by atoms with Crippen molar-refractivity contribution in [2.45, 2.75) is 33.6 Å². The SMILES string of the molecule is Cc1cc(C(=O)NCCCC(C)C)cc(NN)n1. The fraction of sp³-hybridized carbons (Fsp3) is 0.538. The number of aromatic nitrogens is 1. The Balaban J connectivity index is 2.53. The van der Waals surface area contributed by atoms with Crippen molar-refractivity contribution in [2.24, 2.45) is 11.8 Å². The van der Waals surface area contributed by atoms with Gasteiger partial charge in [0.1, 0.15) is 5.82 Å². The van der Waals surface area contributed by atoms with Crippen LogP contribution in [-0.2, 0) is 0 Å². The second-order valence-electron chi connectivity index (χ2n) is 4.82. The largest absolute Gasteiger partial charge is 0.352 e. The standard InChI is InChI=1S/C13H22N4O/c1-9(2)5-4-6-15-13(18)11-7-10(3)16-12(8-11)17-14/h7-9H,4-6,14H2,1-3H3,(H,15,18)(H,16,17). The number of amides is 1. The highest BCUT2D eigenvalue weighted by molar-refractivity contribution is 5.94. The fourth-order valence-corrected chi connectivity index (χ4v) is 1.69. The van der Waals surface area contributed by atoms with Crippen LogP contribution in [0.4, 0.5) is 5.82 Å². The summed E-state index contributed by atoms with van der Waals surface area (Å²) in [6, 6.07) is 3.39. The predicted molar refractivity (Wildman–Crippen MR) is 73.2 cm³/mol. The number of carbonyl (C=O) groups is 1. The number of hydrogen-bond acceptors (Lipinski definition) is 4. The van der Waals surface area contributed by atoms with Crippen molar-refractivity contribution in [1.29, 1.82) is 0 Å². The van der Waals surface area contributed by atoms with Gasteiger partial charge in [-0.05, 0) is 37.8 Å². The summed E-state index contributed by atoms with van der Waals surface area (Å²) in [5.74, 6) is 6.38. The third-order valence-electron chi connectivity index (χ3n) is 2.61. The van der Waals surface area contributed by atoms with Crippen LogP contribution < -0.4 is 16.6 Å². The van der Waals surface area contributed by atoms with Crippen LogP contribution in [0.5, 0.6) is 0 Å². The van der Waals surface area contributed by atoms with E-state index in [2.05, 4.69) is 29.6 Å². The van der Waals surface area contributed by atoms with Gasteiger partial charge >= 0.3 is 0 Å². The van der Waals surface area contributed by atoms with Crippen molar-refractivity contribution < 1.29 is 4.79 Å². The first-order chi connectivity index (χ1) is 8.52. The summed E-state index contributed by atoms with van der Waals surface area (Å²) in [5.41, 5.74) is 3.80. The average molecular weight is 250 g/mol. The molecule has 0 unspecified atom stereocenters. The van der Waals surface area contributed by atoms with E-state index in [1.165, 1.54) is 0 Å². The lowest BCUT2D eigenvalue weighted by atomic mass is 10.1. The summed E-state index contributed by atoms with van der Waals surface area (Å²) in [4.78, 5) is 16.0. The molecule has 0 aliphatic heterocycles. The van der Waals surface area contributed by atoms with E-state index >= 15 is 0 Å². The maximum absolute atomic E-state index is 11.9. The van der Waals surface area contributed by atoms with Crippen LogP contribution in [0, 0.1) is 12.8 Å². The van der Waals surface area contributed by atoms with Crippen molar-refractivity contribution in [1.82, 2.24) is 10.3 Å². The number of rotatable bonds is 6. The lowest BCUT2D eigenvalue weighted by molar-refractivity contribution is 0.0952. The summed E-state index contributed by atoms with van der Waals surface area (Å²) < 4.78 is 0. The Bertz CT molecular complexity index is 404. The third kappa shape index (κ3) is 4.71. The molecule has 1 aromatic heterocycles. The van der Waals surface area contributed by atoms with Crippen LogP contribution in [0.25, 0.3) is 0 Å². The third-order valence-corrected chi connectivity index (χ3v) is 2.61. The molecule has 5 nitrogen and oxygen atoms in total. The second kappa shape index (κ2) is 6.96. The smallest absolute Gasteiger partial charge is 0.251 e. The Morgan fingerprint density at radius 3 is 2.78 bits per heavy atom. The highest BCUT2D eigenvalue weighted by Crippen LogP contribution is 2.09. The Morgan fingerprint density at radius 1 is 1.44 bits per heavy atom. The molecule has 1 aromatic rings. The normalized spacial score (nSPS) is 10.5. The van der Waals surface area contributed by atoms with Gasteiger partial charge in [0.15, 0.2) is 0 Å². The van der Waals surface area contributed by atoms with E-state index in [-0.39, 0.29) is 5.91 Å². The number of hydrazine groups is 1. The molecule has 1 heterocycles. The van der Waals surface area contributed by atoms with Gasteiger partial charge in [-0.3, -0.25) is 4.79 Å². The lowest BCUT2D eigenvalue weighted by Gasteiger charge is -2.08. The quantitative estimate of drug-likeness (QED) is 0.409. The van der Waals surface area contributed by atoms with Crippen molar-refractivity contribution in [3.8, 4) is 0 Å². The van der Waals surface area contributed by atoms with Crippen molar-refractivity contribution in [3.63, 3.8) is 0 Å². The molecular formula is C13H22N4O. The second-order valence-corrected chi connectivity index (χ2v) is 4.82. The zero-order valence-electron chi connectivity index (χ0n) is 11.3. The van der Waals surface area contributed by atoms with Gasteiger partial charge in [0.05, 0.1) is 0 Å². The number of nitrogen functional groups attached to an aromatic ring is 1. The molecule has 0 spiro atoms. The summed E-state index contributed by atoms with van der Waals surface area (Å²) in [7, 11) is 0. The van der Waals surface area contributed by atoms with E-state index in [1.54, 1.807) is 12.1 Å². The first-order valence-electron chi connectivity index (χ1n) is 6.26. The molecule has 100 valence electrons. The molecule has 18 heavy (non-hydrogen) atoms. The van der Waals surface area contributed by atoms with Gasteiger partial charge < -0.3 is 10.7 Å². The molecule has 0 saturated heterocycles. The molecule has 0 aliphatic rings. The van der Waals surface area contributed by atoms with E-state index in [1.807, 2.05) is 6.92 Å². The maximum Gasteiger partial charge on any atom is 0.251 e. The van der Waals surface area contributed by atoms with Gasteiger partial charge in [-0.2, -0.15) is 0 Å². The molecule has 0 radical (unpaired) electrons. The van der Waals surface area contributed by atoms with Crippen LogP contribution in [0.2, 0.25) is 0 Å². The maximum atomic E-state index is 11.9. The van der Waals surface area contributed by atoms with Crippen LogP contribution in [0.15, 0.2) is 12.1 Å². The topological polar surface area (TPSA) is 80.0 Å². The average Bonchev–Trinajstić information content (AvgIpc) is 2.33. The Kier molecular flexibility index (Phi) is 5.58. The number of nitrogens with two attached hydrogens (primary N) is 1. The summed E-state index contributed by atoms with van der Waals surface area (Å²) >= 11 is 0. The van der Waals surface area contributed by atoms with Gasteiger partial charge in [0.2, 0.25) is 0 Å². The number of hydrogen-bond donors (Lipinski definition) is 3. The highest BCUT2D eigenvalue weighted by atomic mass is 16.1. The molecular weight excluding hydrogens is 228 g/mol. The molecule has 0 saturated carbocycles. The van der Waals surface area contributed by atoms with E-state index in [0.29, 0.717) is 23.8 Å². The van der Waals surface area contributed by atoms with Crippen LogP contribution >= 0.6 is 0 Å². The van der Waals surface area contributed by atoms with Crippen molar-refractivity contribution >= 4 is 11.7 Å². The molecule has 4 N–H and O–H groups in total.